The summed E-state index contributed by atoms with van der Waals surface area (Å²) in [4.78, 5) is 11.9. The fourth-order valence-electron chi connectivity index (χ4n) is 2.35. The van der Waals surface area contributed by atoms with Gasteiger partial charge in [-0.05, 0) is 6.07 Å². The van der Waals surface area contributed by atoms with Crippen molar-refractivity contribution in [3.63, 3.8) is 0 Å². The van der Waals surface area contributed by atoms with Crippen LogP contribution in [0.3, 0.4) is 0 Å². The Labute approximate surface area is 117 Å². The van der Waals surface area contributed by atoms with Crippen molar-refractivity contribution >= 4 is 22.4 Å². The zero-order valence-electron chi connectivity index (χ0n) is 10.4. The predicted molar refractivity (Wildman–Crippen MR) is 73.9 cm³/mol. The summed E-state index contributed by atoms with van der Waals surface area (Å²) >= 11 is 1.32. The Kier molecular flexibility index (Phi) is 2.44. The van der Waals surface area contributed by atoms with Gasteiger partial charge >= 0.3 is 0 Å². The van der Waals surface area contributed by atoms with Gasteiger partial charge in [-0.25, -0.2) is 14.4 Å². The number of β-amino-alcohol motifs (C(OH)–C–C–N with tert-alkyl or cyclic N) is 1. The van der Waals surface area contributed by atoms with E-state index in [-0.39, 0.29) is 5.82 Å². The first-order chi connectivity index (χ1) is 9.67. The van der Waals surface area contributed by atoms with Crippen LogP contribution in [0.2, 0.25) is 0 Å². The van der Waals surface area contributed by atoms with Crippen molar-refractivity contribution < 1.29 is 9.50 Å². The molecule has 1 fully saturated rings. The highest BCUT2D eigenvalue weighted by Crippen LogP contribution is 2.37. The first-order valence-corrected chi connectivity index (χ1v) is 7.00. The second-order valence-corrected chi connectivity index (χ2v) is 5.92. The molecule has 20 heavy (non-hydrogen) atoms. The quantitative estimate of drug-likeness (QED) is 0.670. The summed E-state index contributed by atoms with van der Waals surface area (Å²) in [6, 6.07) is 1.79. The van der Waals surface area contributed by atoms with Crippen LogP contribution in [0.4, 0.5) is 4.39 Å². The van der Waals surface area contributed by atoms with Crippen LogP contribution in [-0.2, 0) is 5.60 Å². The first kappa shape index (κ1) is 12.0. The van der Waals surface area contributed by atoms with Gasteiger partial charge in [-0.15, -0.1) is 11.3 Å². The van der Waals surface area contributed by atoms with E-state index in [9.17, 15) is 9.50 Å². The topological polar surface area (TPSA) is 73.8 Å². The number of aliphatic hydroxyl groups is 1. The molecule has 5 nitrogen and oxygen atoms in total. The number of rotatable bonds is 2. The summed E-state index contributed by atoms with van der Waals surface area (Å²) in [6.07, 6.45) is 4.54. The highest BCUT2D eigenvalue weighted by molar-refractivity contribution is 7.15. The van der Waals surface area contributed by atoms with E-state index in [1.54, 1.807) is 18.5 Å². The molecule has 0 radical (unpaired) electrons. The standard InChI is InChI=1S/C13H11FN4OS/c14-8-3-17-11-7(1-2-16-11)10(8)9-4-18-12(20-9)13(19)5-15-6-13/h1-4,15,19H,5-6H2,(H,16,17). The van der Waals surface area contributed by atoms with Crippen LogP contribution in [0.25, 0.3) is 21.5 Å². The third-order valence-corrected chi connectivity index (χ3v) is 4.73. The van der Waals surface area contributed by atoms with Gasteiger partial charge in [-0.1, -0.05) is 0 Å². The van der Waals surface area contributed by atoms with Crippen molar-refractivity contribution in [1.29, 1.82) is 0 Å². The average Bonchev–Trinajstić information content (AvgIpc) is 3.04. The molecule has 3 aromatic heterocycles. The van der Waals surface area contributed by atoms with Gasteiger partial charge in [0.25, 0.3) is 0 Å². The van der Waals surface area contributed by atoms with Crippen molar-refractivity contribution in [2.45, 2.75) is 5.60 Å². The Bertz CT molecular complexity index is 793. The predicted octanol–water partition coefficient (Wildman–Crippen LogP) is 1.62. The van der Waals surface area contributed by atoms with Crippen LogP contribution in [0.1, 0.15) is 5.01 Å². The molecule has 4 rings (SSSR count). The highest BCUT2D eigenvalue weighted by atomic mass is 32.1. The van der Waals surface area contributed by atoms with E-state index >= 15 is 0 Å². The number of fused-ring (bicyclic) bond motifs is 1. The molecule has 0 bridgehead atoms. The number of thiazole rings is 1. The summed E-state index contributed by atoms with van der Waals surface area (Å²) in [5.41, 5.74) is 0.209. The van der Waals surface area contributed by atoms with Crippen molar-refractivity contribution in [3.05, 3.63) is 35.5 Å². The van der Waals surface area contributed by atoms with Crippen molar-refractivity contribution in [3.8, 4) is 10.4 Å². The molecule has 0 aliphatic carbocycles. The third-order valence-electron chi connectivity index (χ3n) is 3.53. The van der Waals surface area contributed by atoms with Crippen LogP contribution in [0, 0.1) is 5.82 Å². The fourth-order valence-corrected chi connectivity index (χ4v) is 3.41. The van der Waals surface area contributed by atoms with Crippen LogP contribution >= 0.6 is 11.3 Å². The molecule has 0 saturated carbocycles. The highest BCUT2D eigenvalue weighted by Gasteiger charge is 2.39. The molecule has 1 saturated heterocycles. The van der Waals surface area contributed by atoms with Crippen molar-refractivity contribution in [1.82, 2.24) is 20.3 Å². The summed E-state index contributed by atoms with van der Waals surface area (Å²) in [5.74, 6) is -0.383. The van der Waals surface area contributed by atoms with Gasteiger partial charge in [0.2, 0.25) is 0 Å². The Balaban J connectivity index is 1.87. The number of hydrogen-bond acceptors (Lipinski definition) is 5. The van der Waals surface area contributed by atoms with Crippen LogP contribution < -0.4 is 5.32 Å². The second kappa shape index (κ2) is 4.08. The number of pyridine rings is 1. The molecule has 1 aliphatic rings. The maximum absolute atomic E-state index is 14.1. The lowest BCUT2D eigenvalue weighted by Gasteiger charge is -2.35. The van der Waals surface area contributed by atoms with Crippen LogP contribution in [-0.4, -0.2) is 33.1 Å². The van der Waals surface area contributed by atoms with E-state index < -0.39 is 5.60 Å². The molecule has 1 aliphatic heterocycles. The largest absolute Gasteiger partial charge is 0.380 e. The number of hydrogen-bond donors (Lipinski definition) is 3. The van der Waals surface area contributed by atoms with E-state index in [0.717, 1.165) is 5.39 Å². The summed E-state index contributed by atoms with van der Waals surface area (Å²) in [6.45, 7) is 0.969. The maximum atomic E-state index is 14.1. The van der Waals surface area contributed by atoms with Gasteiger partial charge < -0.3 is 15.4 Å². The Hall–Kier alpha value is -1.83. The molecule has 7 heteroatoms. The van der Waals surface area contributed by atoms with Gasteiger partial charge in [0, 0.05) is 36.4 Å². The number of H-pyrrole nitrogens is 1. The lowest BCUT2D eigenvalue weighted by molar-refractivity contribution is -0.0148. The van der Waals surface area contributed by atoms with E-state index in [1.807, 2.05) is 0 Å². The number of nitrogens with zero attached hydrogens (tertiary/aromatic N) is 2. The third kappa shape index (κ3) is 1.60. The molecule has 0 atom stereocenters. The maximum Gasteiger partial charge on any atom is 0.150 e. The van der Waals surface area contributed by atoms with Gasteiger partial charge in [-0.3, -0.25) is 0 Å². The molecule has 0 spiro atoms. The molecule has 0 aromatic carbocycles. The molecular weight excluding hydrogens is 279 g/mol. The minimum Gasteiger partial charge on any atom is -0.380 e. The molecule has 4 heterocycles. The normalized spacial score (nSPS) is 17.3. The lowest BCUT2D eigenvalue weighted by atomic mass is 9.99. The lowest BCUT2D eigenvalue weighted by Crippen LogP contribution is -2.56. The van der Waals surface area contributed by atoms with Gasteiger partial charge in [0.15, 0.2) is 5.82 Å². The second-order valence-electron chi connectivity index (χ2n) is 4.89. The Morgan fingerprint density at radius 2 is 2.15 bits per heavy atom. The SMILES string of the molecule is OC1(c2ncc(-c3c(F)cnc4[nH]ccc34)s2)CNC1. The van der Waals surface area contributed by atoms with E-state index in [0.29, 0.717) is 34.2 Å². The summed E-state index contributed by atoms with van der Waals surface area (Å²) in [7, 11) is 0. The molecule has 102 valence electrons. The minimum absolute atomic E-state index is 0.383. The van der Waals surface area contributed by atoms with Gasteiger partial charge in [-0.2, -0.15) is 0 Å². The zero-order chi connectivity index (χ0) is 13.7. The zero-order valence-corrected chi connectivity index (χ0v) is 11.2. The molecule has 3 N–H and O–H groups in total. The number of nitrogens with one attached hydrogen (secondary N) is 2. The molecule has 3 aromatic rings. The van der Waals surface area contributed by atoms with E-state index in [1.165, 1.54) is 17.5 Å². The summed E-state index contributed by atoms with van der Waals surface area (Å²) in [5, 5.41) is 14.6. The minimum atomic E-state index is -0.913. The number of aromatic nitrogens is 3. The molecule has 0 amide bonds. The van der Waals surface area contributed by atoms with Crippen LogP contribution in [0.5, 0.6) is 0 Å². The van der Waals surface area contributed by atoms with Gasteiger partial charge in [0.1, 0.15) is 16.3 Å². The van der Waals surface area contributed by atoms with Crippen molar-refractivity contribution in [2.75, 3.05) is 13.1 Å². The fraction of sp³-hybridized carbons (Fsp3) is 0.231. The van der Waals surface area contributed by atoms with Crippen LogP contribution in [0.15, 0.2) is 24.7 Å². The smallest absolute Gasteiger partial charge is 0.150 e. The van der Waals surface area contributed by atoms with E-state index in [4.69, 9.17) is 0 Å². The summed E-state index contributed by atoms with van der Waals surface area (Å²) < 4.78 is 14.1. The molecular formula is C13H11FN4OS. The Morgan fingerprint density at radius 3 is 2.90 bits per heavy atom. The van der Waals surface area contributed by atoms with Gasteiger partial charge in [0.05, 0.1) is 11.1 Å². The monoisotopic (exact) mass is 290 g/mol. The van der Waals surface area contributed by atoms with E-state index in [2.05, 4.69) is 20.3 Å². The van der Waals surface area contributed by atoms with Crippen molar-refractivity contribution in [2.24, 2.45) is 0 Å². The number of aromatic amines is 1. The first-order valence-electron chi connectivity index (χ1n) is 6.19. The molecule has 0 unspecified atom stereocenters. The number of halogens is 1. The Morgan fingerprint density at radius 1 is 1.30 bits per heavy atom. The average molecular weight is 290 g/mol.